The van der Waals surface area contributed by atoms with E-state index >= 15 is 0 Å². The van der Waals surface area contributed by atoms with Gasteiger partial charge in [0.1, 0.15) is 18.2 Å². The molecule has 1 aromatic rings. The van der Waals surface area contributed by atoms with Crippen molar-refractivity contribution in [3.8, 4) is 5.75 Å². The van der Waals surface area contributed by atoms with Crippen molar-refractivity contribution in [1.29, 1.82) is 0 Å². The Bertz CT molecular complexity index is 372. The zero-order valence-electron chi connectivity index (χ0n) is 10.8. The Balaban J connectivity index is 2.51. The number of benzene rings is 1. The van der Waals surface area contributed by atoms with Gasteiger partial charge in [-0.1, -0.05) is 19.9 Å². The molecule has 0 unspecified atom stereocenters. The van der Waals surface area contributed by atoms with E-state index in [1.165, 1.54) is 12.1 Å². The van der Waals surface area contributed by atoms with Crippen molar-refractivity contribution in [3.63, 3.8) is 0 Å². The van der Waals surface area contributed by atoms with E-state index in [9.17, 15) is 4.39 Å². The van der Waals surface area contributed by atoms with Gasteiger partial charge < -0.3 is 19.7 Å². The molecule has 0 radical (unpaired) electrons. The average molecular weight is 255 g/mol. The SMILES string of the molecule is CCN(CC)CCOc1ccc(B(O)O)c(F)c1. The molecular formula is C12H19BFNO3. The van der Waals surface area contributed by atoms with E-state index < -0.39 is 12.9 Å². The molecule has 0 fully saturated rings. The van der Waals surface area contributed by atoms with Crippen LogP contribution in [0.25, 0.3) is 0 Å². The van der Waals surface area contributed by atoms with Gasteiger partial charge in [-0.15, -0.1) is 0 Å². The highest BCUT2D eigenvalue weighted by atomic mass is 19.1. The Morgan fingerprint density at radius 3 is 2.44 bits per heavy atom. The molecule has 0 aliphatic heterocycles. The molecule has 0 atom stereocenters. The first-order chi connectivity index (χ1) is 8.58. The Morgan fingerprint density at radius 2 is 1.94 bits per heavy atom. The molecule has 0 heterocycles. The van der Waals surface area contributed by atoms with Crippen LogP contribution < -0.4 is 10.2 Å². The summed E-state index contributed by atoms with van der Waals surface area (Å²) in [6, 6.07) is 4.00. The highest BCUT2D eigenvalue weighted by Crippen LogP contribution is 2.11. The van der Waals surface area contributed by atoms with Crippen LogP contribution in [0.1, 0.15) is 13.8 Å². The van der Waals surface area contributed by atoms with Gasteiger partial charge in [0, 0.05) is 18.1 Å². The van der Waals surface area contributed by atoms with Crippen molar-refractivity contribution in [2.24, 2.45) is 0 Å². The first-order valence-electron chi connectivity index (χ1n) is 6.09. The molecule has 0 aromatic heterocycles. The molecule has 0 aliphatic rings. The first kappa shape index (κ1) is 15.0. The molecule has 0 saturated heterocycles. The third-order valence-electron chi connectivity index (χ3n) is 2.82. The Hall–Kier alpha value is -1.11. The van der Waals surface area contributed by atoms with Gasteiger partial charge >= 0.3 is 7.12 Å². The molecule has 100 valence electrons. The summed E-state index contributed by atoms with van der Waals surface area (Å²) in [4.78, 5) is 2.20. The first-order valence-corrected chi connectivity index (χ1v) is 6.09. The summed E-state index contributed by atoms with van der Waals surface area (Å²) < 4.78 is 18.8. The van der Waals surface area contributed by atoms with Crippen molar-refractivity contribution in [2.75, 3.05) is 26.2 Å². The molecule has 4 nitrogen and oxygen atoms in total. The van der Waals surface area contributed by atoms with Crippen LogP contribution in [0.15, 0.2) is 18.2 Å². The molecule has 0 bridgehead atoms. The molecule has 2 N–H and O–H groups in total. The van der Waals surface area contributed by atoms with E-state index in [4.69, 9.17) is 14.8 Å². The molecule has 0 amide bonds. The molecule has 0 saturated carbocycles. The van der Waals surface area contributed by atoms with Crippen LogP contribution in [0.4, 0.5) is 4.39 Å². The van der Waals surface area contributed by atoms with Crippen molar-refractivity contribution in [3.05, 3.63) is 24.0 Å². The Morgan fingerprint density at radius 1 is 1.28 bits per heavy atom. The smallest absolute Gasteiger partial charge is 0.491 e. The highest BCUT2D eigenvalue weighted by molar-refractivity contribution is 6.58. The molecule has 0 aliphatic carbocycles. The summed E-state index contributed by atoms with van der Waals surface area (Å²) in [5, 5.41) is 17.8. The molecule has 0 spiro atoms. The molecular weight excluding hydrogens is 236 g/mol. The lowest BCUT2D eigenvalue weighted by Gasteiger charge is -2.18. The Kier molecular flexibility index (Phi) is 6.11. The number of halogens is 1. The fourth-order valence-corrected chi connectivity index (χ4v) is 1.64. The fourth-order valence-electron chi connectivity index (χ4n) is 1.64. The van der Waals surface area contributed by atoms with E-state index in [0.717, 1.165) is 25.7 Å². The Labute approximate surface area is 107 Å². The van der Waals surface area contributed by atoms with Gasteiger partial charge in [0.25, 0.3) is 0 Å². The molecule has 1 rings (SSSR count). The van der Waals surface area contributed by atoms with Gasteiger partial charge in [-0.25, -0.2) is 4.39 Å². The van der Waals surface area contributed by atoms with E-state index in [-0.39, 0.29) is 5.46 Å². The quantitative estimate of drug-likeness (QED) is 0.685. The van der Waals surface area contributed by atoms with E-state index in [1.807, 2.05) is 0 Å². The van der Waals surface area contributed by atoms with E-state index in [2.05, 4.69) is 18.7 Å². The maximum atomic E-state index is 13.4. The predicted molar refractivity (Wildman–Crippen MR) is 69.5 cm³/mol. The lowest BCUT2D eigenvalue weighted by Crippen LogP contribution is -2.32. The van der Waals surface area contributed by atoms with Gasteiger partial charge in [-0.3, -0.25) is 0 Å². The largest absolute Gasteiger partial charge is 0.492 e. The number of ether oxygens (including phenoxy) is 1. The van der Waals surface area contributed by atoms with E-state index in [1.54, 1.807) is 0 Å². The summed E-state index contributed by atoms with van der Waals surface area (Å²) in [6.45, 7) is 7.29. The maximum absolute atomic E-state index is 13.4. The van der Waals surface area contributed by atoms with Crippen LogP contribution in [0.3, 0.4) is 0 Å². The number of nitrogens with zero attached hydrogens (tertiary/aromatic N) is 1. The van der Waals surface area contributed by atoms with Gasteiger partial charge in [-0.2, -0.15) is 0 Å². The van der Waals surface area contributed by atoms with Crippen LogP contribution in [-0.2, 0) is 0 Å². The number of hydrogen-bond acceptors (Lipinski definition) is 4. The maximum Gasteiger partial charge on any atom is 0.491 e. The summed E-state index contributed by atoms with van der Waals surface area (Å²) >= 11 is 0. The second-order valence-corrected chi connectivity index (χ2v) is 3.93. The van der Waals surface area contributed by atoms with Crippen molar-refractivity contribution >= 4 is 12.6 Å². The minimum Gasteiger partial charge on any atom is -0.492 e. The van der Waals surface area contributed by atoms with Crippen LogP contribution in [0.2, 0.25) is 0 Å². The van der Waals surface area contributed by atoms with Crippen molar-refractivity contribution in [1.82, 2.24) is 4.90 Å². The van der Waals surface area contributed by atoms with Gasteiger partial charge in [0.05, 0.1) is 0 Å². The molecule has 18 heavy (non-hydrogen) atoms. The van der Waals surface area contributed by atoms with Gasteiger partial charge in [-0.05, 0) is 19.2 Å². The van der Waals surface area contributed by atoms with Crippen LogP contribution in [0, 0.1) is 5.82 Å². The normalized spacial score (nSPS) is 10.8. The van der Waals surface area contributed by atoms with Crippen molar-refractivity contribution in [2.45, 2.75) is 13.8 Å². The topological polar surface area (TPSA) is 52.9 Å². The summed E-state index contributed by atoms with van der Waals surface area (Å²) in [7, 11) is -1.80. The lowest BCUT2D eigenvalue weighted by molar-refractivity contribution is 0.222. The zero-order chi connectivity index (χ0) is 13.5. The third kappa shape index (κ3) is 4.29. The van der Waals surface area contributed by atoms with Gasteiger partial charge in [0.15, 0.2) is 0 Å². The predicted octanol–water partition coefficient (Wildman–Crippen LogP) is 0.226. The average Bonchev–Trinajstić information content (AvgIpc) is 2.34. The number of likely N-dealkylation sites (N-methyl/N-ethyl adjacent to an activating group) is 1. The second-order valence-electron chi connectivity index (χ2n) is 3.93. The zero-order valence-corrected chi connectivity index (χ0v) is 10.8. The van der Waals surface area contributed by atoms with Gasteiger partial charge in [0.2, 0.25) is 0 Å². The minimum atomic E-state index is -1.80. The second kappa shape index (κ2) is 7.36. The number of rotatable bonds is 7. The minimum absolute atomic E-state index is 0.147. The summed E-state index contributed by atoms with van der Waals surface area (Å²) in [5.41, 5.74) is -0.147. The standard InChI is InChI=1S/C12H19BFNO3/c1-3-15(4-2)7-8-18-10-5-6-11(13(16)17)12(14)9-10/h5-6,9,16-17H,3-4,7-8H2,1-2H3. The summed E-state index contributed by atoms with van der Waals surface area (Å²) in [5.74, 6) is -0.283. The monoisotopic (exact) mass is 255 g/mol. The fraction of sp³-hybridized carbons (Fsp3) is 0.500. The highest BCUT2D eigenvalue weighted by Gasteiger charge is 2.16. The van der Waals surface area contributed by atoms with Crippen LogP contribution >= 0.6 is 0 Å². The lowest BCUT2D eigenvalue weighted by atomic mass is 9.80. The van der Waals surface area contributed by atoms with E-state index in [0.29, 0.717) is 12.4 Å². The molecule has 1 aromatic carbocycles. The summed E-state index contributed by atoms with van der Waals surface area (Å²) in [6.07, 6.45) is 0. The third-order valence-corrected chi connectivity index (χ3v) is 2.82. The van der Waals surface area contributed by atoms with Crippen molar-refractivity contribution < 1.29 is 19.2 Å². The number of hydrogen-bond donors (Lipinski definition) is 2. The van der Waals surface area contributed by atoms with Crippen LogP contribution in [0.5, 0.6) is 5.75 Å². The molecule has 6 heteroatoms. The van der Waals surface area contributed by atoms with Crippen LogP contribution in [-0.4, -0.2) is 48.3 Å².